The van der Waals surface area contributed by atoms with Crippen molar-refractivity contribution in [2.24, 2.45) is 0 Å². The van der Waals surface area contributed by atoms with Gasteiger partial charge in [0.05, 0.1) is 11.3 Å². The molecule has 1 saturated carbocycles. The van der Waals surface area contributed by atoms with E-state index in [1.807, 2.05) is 0 Å². The van der Waals surface area contributed by atoms with E-state index in [1.165, 1.54) is 0 Å². The van der Waals surface area contributed by atoms with Gasteiger partial charge >= 0.3 is 6.09 Å². The molecule has 0 aliphatic heterocycles. The lowest BCUT2D eigenvalue weighted by Crippen LogP contribution is -2.53. The van der Waals surface area contributed by atoms with E-state index >= 15 is 0 Å². The van der Waals surface area contributed by atoms with Crippen LogP contribution in [0, 0.1) is 0 Å². The number of carbonyl (C=O) groups is 1. The Bertz CT molecular complexity index is 373. The van der Waals surface area contributed by atoms with E-state index in [1.54, 1.807) is 20.8 Å². The zero-order valence-corrected chi connectivity index (χ0v) is 11.1. The Kier molecular flexibility index (Phi) is 3.74. The highest BCUT2D eigenvalue weighted by Crippen LogP contribution is 2.29. The van der Waals surface area contributed by atoms with Crippen LogP contribution in [-0.4, -0.2) is 31.4 Å². The zero-order chi connectivity index (χ0) is 12.6. The lowest BCUT2D eigenvalue weighted by Gasteiger charge is -2.34. The number of hydrogen-bond donors (Lipinski definition) is 1. The Hall–Kier alpha value is -0.490. The molecule has 0 heterocycles. The van der Waals surface area contributed by atoms with Gasteiger partial charge in [0.25, 0.3) is 0 Å². The first kappa shape index (κ1) is 13.6. The molecule has 94 valence electrons. The van der Waals surface area contributed by atoms with Crippen LogP contribution in [0.1, 0.15) is 33.6 Å². The van der Waals surface area contributed by atoms with Crippen molar-refractivity contribution >= 4 is 25.8 Å². The molecule has 0 spiro atoms. The Morgan fingerprint density at radius 2 is 1.94 bits per heavy atom. The van der Waals surface area contributed by atoms with Crippen molar-refractivity contribution < 1.29 is 17.9 Å². The molecular weight excluding hydrogens is 254 g/mol. The number of halogens is 1. The molecule has 1 N–H and O–H groups in total. The highest BCUT2D eigenvalue weighted by atomic mass is 35.7. The van der Waals surface area contributed by atoms with E-state index in [0.717, 1.165) is 0 Å². The third-order valence-corrected chi connectivity index (χ3v) is 4.25. The summed E-state index contributed by atoms with van der Waals surface area (Å²) in [6, 6.07) is -0.433. The van der Waals surface area contributed by atoms with Crippen LogP contribution < -0.4 is 5.32 Å². The maximum atomic E-state index is 11.4. The quantitative estimate of drug-likeness (QED) is 0.773. The molecule has 1 amide bonds. The summed E-state index contributed by atoms with van der Waals surface area (Å²) >= 11 is 0. The first-order chi connectivity index (χ1) is 7.09. The number of ether oxygens (including phenoxy) is 1. The van der Waals surface area contributed by atoms with Crippen molar-refractivity contribution in [1.29, 1.82) is 0 Å². The Morgan fingerprint density at radius 1 is 1.38 bits per heavy atom. The molecule has 16 heavy (non-hydrogen) atoms. The van der Waals surface area contributed by atoms with E-state index in [-0.39, 0.29) is 0 Å². The molecule has 0 aromatic carbocycles. The number of nitrogens with one attached hydrogen (secondary N) is 1. The first-order valence-corrected chi connectivity index (χ1v) is 7.40. The van der Waals surface area contributed by atoms with Gasteiger partial charge in [-0.25, -0.2) is 13.2 Å². The second-order valence-electron chi connectivity index (χ2n) is 4.84. The molecule has 0 saturated heterocycles. The molecule has 0 aromatic rings. The predicted molar refractivity (Wildman–Crippen MR) is 61.0 cm³/mol. The van der Waals surface area contributed by atoms with Crippen molar-refractivity contribution in [3.8, 4) is 0 Å². The summed E-state index contributed by atoms with van der Waals surface area (Å²) in [7, 11) is 1.62. The first-order valence-electron chi connectivity index (χ1n) is 5.02. The highest BCUT2D eigenvalue weighted by molar-refractivity contribution is 8.14. The van der Waals surface area contributed by atoms with Crippen LogP contribution in [0.4, 0.5) is 4.79 Å². The van der Waals surface area contributed by atoms with E-state index in [2.05, 4.69) is 5.32 Å². The van der Waals surface area contributed by atoms with E-state index < -0.39 is 32.0 Å². The average molecular weight is 270 g/mol. The molecule has 5 nitrogen and oxygen atoms in total. The van der Waals surface area contributed by atoms with Crippen LogP contribution in [0.3, 0.4) is 0 Å². The number of amides is 1. The lowest BCUT2D eigenvalue weighted by atomic mass is 9.92. The van der Waals surface area contributed by atoms with Gasteiger partial charge in [-0.3, -0.25) is 0 Å². The minimum absolute atomic E-state index is 0.433. The third-order valence-electron chi connectivity index (χ3n) is 2.27. The van der Waals surface area contributed by atoms with Gasteiger partial charge in [0.2, 0.25) is 9.05 Å². The van der Waals surface area contributed by atoms with Crippen molar-refractivity contribution in [2.75, 3.05) is 0 Å². The van der Waals surface area contributed by atoms with Crippen LogP contribution in [0.15, 0.2) is 0 Å². The standard InChI is InChI=1S/C9H16ClNO4S/c1-9(2,3)15-8(12)11-6-4-5-7(6)16(10,13)14/h6-7H,4-5H2,1-3H3,(H,11,12)/t6-,7-/m1/s1. The second-order valence-corrected chi connectivity index (χ2v) is 7.69. The van der Waals surface area contributed by atoms with E-state index in [4.69, 9.17) is 15.4 Å². The number of hydrogen-bond acceptors (Lipinski definition) is 4. The molecule has 0 aromatic heterocycles. The van der Waals surface area contributed by atoms with Crippen LogP contribution in [-0.2, 0) is 13.8 Å². The summed E-state index contributed by atoms with van der Waals surface area (Å²) in [4.78, 5) is 11.4. The number of alkyl carbamates (subject to hydrolysis) is 1. The van der Waals surface area contributed by atoms with Crippen LogP contribution in [0.25, 0.3) is 0 Å². The monoisotopic (exact) mass is 269 g/mol. The Balaban J connectivity index is 2.48. The van der Waals surface area contributed by atoms with Crippen molar-refractivity contribution in [3.63, 3.8) is 0 Å². The van der Waals surface area contributed by atoms with Gasteiger partial charge in [0.1, 0.15) is 5.60 Å². The normalized spacial score (nSPS) is 25.8. The van der Waals surface area contributed by atoms with Crippen LogP contribution in [0.5, 0.6) is 0 Å². The molecular formula is C9H16ClNO4S. The van der Waals surface area contributed by atoms with E-state index in [9.17, 15) is 13.2 Å². The smallest absolute Gasteiger partial charge is 0.407 e. The summed E-state index contributed by atoms with van der Waals surface area (Å²) < 4.78 is 27.1. The zero-order valence-electron chi connectivity index (χ0n) is 9.49. The average Bonchev–Trinajstić information content (AvgIpc) is 1.90. The van der Waals surface area contributed by atoms with Gasteiger partial charge in [-0.1, -0.05) is 0 Å². The molecule has 1 aliphatic carbocycles. The molecule has 0 radical (unpaired) electrons. The Morgan fingerprint density at radius 3 is 2.25 bits per heavy atom. The fourth-order valence-corrected chi connectivity index (χ4v) is 3.08. The fraction of sp³-hybridized carbons (Fsp3) is 0.889. The number of rotatable bonds is 2. The third kappa shape index (κ3) is 3.83. The number of carbonyl (C=O) groups excluding carboxylic acids is 1. The molecule has 0 unspecified atom stereocenters. The van der Waals surface area contributed by atoms with E-state index in [0.29, 0.717) is 12.8 Å². The fourth-order valence-electron chi connectivity index (χ4n) is 1.43. The van der Waals surface area contributed by atoms with Gasteiger partial charge in [0, 0.05) is 10.7 Å². The summed E-state index contributed by atoms with van der Waals surface area (Å²) in [5.74, 6) is 0. The maximum absolute atomic E-state index is 11.4. The molecule has 7 heteroatoms. The van der Waals surface area contributed by atoms with Gasteiger partial charge in [-0.05, 0) is 33.6 Å². The minimum atomic E-state index is -3.60. The van der Waals surface area contributed by atoms with Gasteiger partial charge < -0.3 is 10.1 Å². The molecule has 2 atom stereocenters. The molecule has 1 fully saturated rings. The summed E-state index contributed by atoms with van der Waals surface area (Å²) in [6.07, 6.45) is 0.477. The highest BCUT2D eigenvalue weighted by Gasteiger charge is 2.41. The van der Waals surface area contributed by atoms with Crippen molar-refractivity contribution in [2.45, 2.75) is 50.5 Å². The van der Waals surface area contributed by atoms with Crippen molar-refractivity contribution in [3.05, 3.63) is 0 Å². The van der Waals surface area contributed by atoms with Gasteiger partial charge in [-0.2, -0.15) is 0 Å². The molecule has 1 rings (SSSR count). The summed E-state index contributed by atoms with van der Waals surface area (Å²) in [6.45, 7) is 5.22. The predicted octanol–water partition coefficient (Wildman–Crippen LogP) is 1.61. The maximum Gasteiger partial charge on any atom is 0.407 e. The summed E-state index contributed by atoms with van der Waals surface area (Å²) in [5.41, 5.74) is -0.594. The van der Waals surface area contributed by atoms with Gasteiger partial charge in [-0.15, -0.1) is 0 Å². The SMILES string of the molecule is CC(C)(C)OC(=O)N[C@@H]1CC[C@H]1S(=O)(=O)Cl. The largest absolute Gasteiger partial charge is 0.444 e. The van der Waals surface area contributed by atoms with Crippen LogP contribution >= 0.6 is 10.7 Å². The topological polar surface area (TPSA) is 72.5 Å². The Labute approximate surface area is 99.9 Å². The lowest BCUT2D eigenvalue weighted by molar-refractivity contribution is 0.0482. The molecule has 1 aliphatic rings. The van der Waals surface area contributed by atoms with Gasteiger partial charge in [0.15, 0.2) is 0 Å². The molecule has 0 bridgehead atoms. The van der Waals surface area contributed by atoms with Crippen LogP contribution in [0.2, 0.25) is 0 Å². The summed E-state index contributed by atoms with van der Waals surface area (Å²) in [5, 5.41) is 1.81. The second kappa shape index (κ2) is 4.41. The minimum Gasteiger partial charge on any atom is -0.444 e. The van der Waals surface area contributed by atoms with Crippen molar-refractivity contribution in [1.82, 2.24) is 5.32 Å².